The first-order valence-corrected chi connectivity index (χ1v) is 18.2. The Morgan fingerprint density at radius 3 is 0.942 bits per heavy atom. The van der Waals surface area contributed by atoms with Crippen LogP contribution in [-0.4, -0.2) is 36.4 Å². The zero-order chi connectivity index (χ0) is 39.7. The Kier molecular flexibility index (Phi) is 21.3. The monoisotopic (exact) mass is 864 g/mol. The number of halogens is 8. The number of hydrogen-bond acceptors (Lipinski definition) is 6. The van der Waals surface area contributed by atoms with Crippen LogP contribution in [-0.2, 0) is 0 Å². The van der Waals surface area contributed by atoms with E-state index in [2.05, 4.69) is 31.2 Å². The molecule has 6 nitrogen and oxygen atoms in total. The molecule has 4 aromatic carbocycles. The summed E-state index contributed by atoms with van der Waals surface area (Å²) in [5.41, 5.74) is 15.4. The fraction of sp³-hybridized carbons (Fsp3) is 0.158. The maximum absolute atomic E-state index is 9.45. The number of aromatic hydroxyl groups is 2. The number of rotatable bonds is 10. The minimum atomic E-state index is -0.127. The summed E-state index contributed by atoms with van der Waals surface area (Å²) in [5, 5.41) is 21.9. The van der Waals surface area contributed by atoms with Crippen LogP contribution in [0.25, 0.3) is 0 Å². The van der Waals surface area contributed by atoms with Gasteiger partial charge in [0, 0.05) is 69.0 Å². The van der Waals surface area contributed by atoms with E-state index in [0.717, 1.165) is 35.6 Å². The first-order chi connectivity index (χ1) is 24.4. The molecule has 0 aromatic heterocycles. The first kappa shape index (κ1) is 47.0. The molecule has 0 atom stereocenters. The van der Waals surface area contributed by atoms with Crippen molar-refractivity contribution in [1.29, 1.82) is 0 Å². The largest absolute Gasteiger partial charge is 0.505 e. The molecule has 0 spiro atoms. The number of nitrogens with two attached hydrogens (primary N) is 2. The molecular weight excluding hydrogens is 828 g/mol. The smallest absolute Gasteiger partial charge is 0.152 e. The summed E-state index contributed by atoms with van der Waals surface area (Å²) in [6, 6.07) is 13.4. The zero-order valence-electron chi connectivity index (χ0n) is 28.6. The van der Waals surface area contributed by atoms with Crippen LogP contribution >= 0.6 is 92.8 Å². The van der Waals surface area contributed by atoms with E-state index in [-0.39, 0.29) is 31.6 Å². The van der Waals surface area contributed by atoms with E-state index in [0.29, 0.717) is 44.6 Å². The van der Waals surface area contributed by atoms with E-state index in [4.69, 9.17) is 109 Å². The summed E-state index contributed by atoms with van der Waals surface area (Å²) in [7, 11) is 0. The van der Waals surface area contributed by atoms with Crippen molar-refractivity contribution in [3.63, 3.8) is 0 Å². The third-order valence-corrected chi connectivity index (χ3v) is 9.46. The normalized spacial score (nSPS) is 9.88. The SMILES string of the molecule is C=CCN(CC=C)c1cc(Cl)c(C)c(Cl)c1.C=CCN(CC=C)c1cc(Cl)c(O)c(Cl)c1.Cc1c(Cl)cc(N)cc1Cl.Nc1cc(Cl)c(O)c(Cl)c1. The van der Waals surface area contributed by atoms with Gasteiger partial charge in [0.05, 0.1) is 20.1 Å². The van der Waals surface area contributed by atoms with Gasteiger partial charge in [0.15, 0.2) is 11.5 Å². The molecule has 280 valence electrons. The number of nitrogen functional groups attached to an aromatic ring is 2. The van der Waals surface area contributed by atoms with Crippen LogP contribution in [0.2, 0.25) is 40.2 Å². The van der Waals surface area contributed by atoms with Crippen LogP contribution in [0, 0.1) is 13.8 Å². The second kappa shape index (κ2) is 23.6. The number of nitrogens with zero attached hydrogens (tertiary/aromatic N) is 2. The van der Waals surface area contributed by atoms with Crippen molar-refractivity contribution >= 4 is 116 Å². The van der Waals surface area contributed by atoms with Crippen molar-refractivity contribution < 1.29 is 10.2 Å². The zero-order valence-corrected chi connectivity index (χ0v) is 34.6. The van der Waals surface area contributed by atoms with Crippen molar-refractivity contribution in [2.75, 3.05) is 47.4 Å². The quantitative estimate of drug-likeness (QED) is 0.0720. The Hall–Kier alpha value is -3.04. The van der Waals surface area contributed by atoms with E-state index in [1.165, 1.54) is 12.1 Å². The standard InChI is InChI=1S/C13H15Cl2N.C12H13Cl2NO.C7H7Cl2N.C6H5Cl2NO/c1-4-6-16(7-5-2)11-8-12(14)10(3)13(15)9-11;1-3-5-15(6-4-2)9-7-10(13)12(16)11(14)8-9;1-4-6(8)2-5(10)3-7(4)9;7-4-1-3(9)2-5(8)6(4)10/h4-5,8-9H,1-2,6-7H2,3H3;3-4,7-8,16H,1-2,5-6H2;2-3H,10H2,1H3;1-2,10H,9H2. The third-order valence-electron chi connectivity index (χ3n) is 6.74. The van der Waals surface area contributed by atoms with E-state index in [1.54, 1.807) is 36.4 Å². The minimum absolute atomic E-state index is 0.0933. The average Bonchev–Trinajstić information content (AvgIpc) is 3.07. The van der Waals surface area contributed by atoms with Crippen molar-refractivity contribution in [2.24, 2.45) is 0 Å². The van der Waals surface area contributed by atoms with Gasteiger partial charge in [-0.3, -0.25) is 0 Å². The molecule has 0 saturated heterocycles. The summed E-state index contributed by atoms with van der Waals surface area (Å²) in [6.07, 6.45) is 7.23. The molecular formula is C38H40Cl8N4O2. The second-order valence-corrected chi connectivity index (χ2v) is 14.0. The highest BCUT2D eigenvalue weighted by atomic mass is 35.5. The molecule has 52 heavy (non-hydrogen) atoms. The molecule has 0 radical (unpaired) electrons. The molecule has 4 aromatic rings. The lowest BCUT2D eigenvalue weighted by atomic mass is 10.2. The van der Waals surface area contributed by atoms with Crippen LogP contribution in [0.3, 0.4) is 0 Å². The molecule has 6 N–H and O–H groups in total. The van der Waals surface area contributed by atoms with Gasteiger partial charge in [-0.1, -0.05) is 117 Å². The molecule has 0 unspecified atom stereocenters. The van der Waals surface area contributed by atoms with Gasteiger partial charge in [-0.05, 0) is 73.5 Å². The second-order valence-electron chi connectivity index (χ2n) is 10.7. The predicted molar refractivity (Wildman–Crippen MR) is 233 cm³/mol. The molecule has 14 heteroatoms. The van der Waals surface area contributed by atoms with Crippen LogP contribution in [0.15, 0.2) is 99.2 Å². The van der Waals surface area contributed by atoms with Crippen LogP contribution in [0.5, 0.6) is 11.5 Å². The molecule has 0 fully saturated rings. The van der Waals surface area contributed by atoms with E-state index >= 15 is 0 Å². The Bertz CT molecular complexity index is 1610. The van der Waals surface area contributed by atoms with Crippen molar-refractivity contribution in [3.05, 3.63) is 150 Å². The molecule has 0 aliphatic carbocycles. The molecule has 4 rings (SSSR count). The number of phenols is 2. The highest BCUT2D eigenvalue weighted by Crippen LogP contribution is 2.36. The molecule has 0 aliphatic rings. The van der Waals surface area contributed by atoms with Crippen LogP contribution < -0.4 is 21.3 Å². The Labute approximate surface area is 346 Å². The van der Waals surface area contributed by atoms with Gasteiger partial charge in [0.1, 0.15) is 0 Å². The number of hydrogen-bond donors (Lipinski definition) is 4. The van der Waals surface area contributed by atoms with E-state index in [1.807, 2.05) is 43.0 Å². The summed E-state index contributed by atoms with van der Waals surface area (Å²) in [5.74, 6) is -0.221. The highest BCUT2D eigenvalue weighted by Gasteiger charge is 2.11. The summed E-state index contributed by atoms with van der Waals surface area (Å²) < 4.78 is 0. The number of benzene rings is 4. The lowest BCUT2D eigenvalue weighted by Crippen LogP contribution is -2.23. The average molecular weight is 868 g/mol. The van der Waals surface area contributed by atoms with Gasteiger partial charge in [-0.15, -0.1) is 26.3 Å². The Morgan fingerprint density at radius 2 is 0.673 bits per heavy atom. The fourth-order valence-corrected chi connectivity index (χ4v) is 5.95. The molecule has 0 bridgehead atoms. The number of anilines is 4. The lowest BCUT2D eigenvalue weighted by molar-refractivity contribution is 0.475. The maximum atomic E-state index is 9.45. The van der Waals surface area contributed by atoms with Gasteiger partial charge in [-0.2, -0.15) is 0 Å². The van der Waals surface area contributed by atoms with Crippen LogP contribution in [0.1, 0.15) is 11.1 Å². The summed E-state index contributed by atoms with van der Waals surface area (Å²) in [6.45, 7) is 21.4. The van der Waals surface area contributed by atoms with E-state index < -0.39 is 0 Å². The van der Waals surface area contributed by atoms with Crippen molar-refractivity contribution in [1.82, 2.24) is 0 Å². The molecule has 0 aliphatic heterocycles. The topological polar surface area (TPSA) is 99.0 Å². The Morgan fingerprint density at radius 1 is 0.462 bits per heavy atom. The predicted octanol–water partition coefficient (Wildman–Crippen LogP) is 13.5. The van der Waals surface area contributed by atoms with Gasteiger partial charge in [0.25, 0.3) is 0 Å². The van der Waals surface area contributed by atoms with Gasteiger partial charge >= 0.3 is 0 Å². The Balaban J connectivity index is 0.000000355. The molecule has 0 amide bonds. The van der Waals surface area contributed by atoms with Gasteiger partial charge in [-0.25, -0.2) is 0 Å². The molecule has 0 saturated carbocycles. The lowest BCUT2D eigenvalue weighted by Gasteiger charge is -2.22. The molecule has 0 heterocycles. The van der Waals surface area contributed by atoms with Gasteiger partial charge in [0.2, 0.25) is 0 Å². The third kappa shape index (κ3) is 15.1. The van der Waals surface area contributed by atoms with Crippen molar-refractivity contribution in [3.8, 4) is 11.5 Å². The van der Waals surface area contributed by atoms with E-state index in [9.17, 15) is 5.11 Å². The maximum Gasteiger partial charge on any atom is 0.152 e. The summed E-state index contributed by atoms with van der Waals surface area (Å²) in [4.78, 5) is 4.08. The minimum Gasteiger partial charge on any atom is -0.505 e. The van der Waals surface area contributed by atoms with Crippen molar-refractivity contribution in [2.45, 2.75) is 13.8 Å². The van der Waals surface area contributed by atoms with Crippen LogP contribution in [0.4, 0.5) is 22.7 Å². The van der Waals surface area contributed by atoms with Gasteiger partial charge < -0.3 is 31.5 Å². The summed E-state index contributed by atoms with van der Waals surface area (Å²) >= 11 is 46.4. The fourth-order valence-electron chi connectivity index (χ4n) is 3.99. The first-order valence-electron chi connectivity index (χ1n) is 15.1. The number of phenolic OH excluding ortho intramolecular Hbond substituents is 2. The highest BCUT2D eigenvalue weighted by molar-refractivity contribution is 6.38.